The Morgan fingerprint density at radius 3 is 2.09 bits per heavy atom. The minimum absolute atomic E-state index is 0.0696. The molecule has 2 atom stereocenters. The molecule has 0 aromatic heterocycles. The molecule has 0 aliphatic carbocycles. The number of alkyl carbamates (subject to hydrolysis) is 1. The summed E-state index contributed by atoms with van der Waals surface area (Å²) in [5, 5.41) is 5.59. The van der Waals surface area contributed by atoms with Gasteiger partial charge in [0.05, 0.1) is 0 Å². The van der Waals surface area contributed by atoms with Gasteiger partial charge in [0, 0.05) is 12.6 Å². The summed E-state index contributed by atoms with van der Waals surface area (Å²) in [4.78, 5) is 40.7. The van der Waals surface area contributed by atoms with Gasteiger partial charge in [-0.3, -0.25) is 9.59 Å². The summed E-state index contributed by atoms with van der Waals surface area (Å²) in [7, 11) is 0. The van der Waals surface area contributed by atoms with Gasteiger partial charge in [-0.05, 0) is 60.5 Å². The summed E-state index contributed by atoms with van der Waals surface area (Å²) in [5.74, 6) is -0.552. The number of nitrogens with zero attached hydrogens (tertiary/aromatic N) is 1. The Bertz CT molecular complexity index is 769. The summed E-state index contributed by atoms with van der Waals surface area (Å²) in [6.07, 6.45) is 3.20. The minimum Gasteiger partial charge on any atom is -0.444 e. The summed E-state index contributed by atoms with van der Waals surface area (Å²) >= 11 is 0. The average Bonchev–Trinajstić information content (AvgIpc) is 2.68. The summed E-state index contributed by atoms with van der Waals surface area (Å²) in [5.41, 5.74) is 1.14. The first-order valence-electron chi connectivity index (χ1n) is 12.0. The molecule has 0 radical (unpaired) electrons. The number of hydrogen-bond donors (Lipinski definition) is 2. The molecule has 0 aliphatic heterocycles. The van der Waals surface area contributed by atoms with Gasteiger partial charge < -0.3 is 20.3 Å². The van der Waals surface area contributed by atoms with Crippen LogP contribution in [0.25, 0.3) is 0 Å². The van der Waals surface area contributed by atoms with Crippen LogP contribution in [0.2, 0.25) is 0 Å². The van der Waals surface area contributed by atoms with Gasteiger partial charge in [-0.25, -0.2) is 4.79 Å². The van der Waals surface area contributed by atoms with Crippen molar-refractivity contribution in [2.75, 3.05) is 6.54 Å². The highest BCUT2D eigenvalue weighted by molar-refractivity contribution is 5.92. The third-order valence-corrected chi connectivity index (χ3v) is 5.02. The van der Waals surface area contributed by atoms with E-state index >= 15 is 0 Å². The van der Waals surface area contributed by atoms with Gasteiger partial charge in [0.25, 0.3) is 0 Å². The van der Waals surface area contributed by atoms with E-state index in [1.54, 1.807) is 32.6 Å². The number of unbranched alkanes of at least 4 members (excludes halogenated alkanes) is 3. The highest BCUT2D eigenvalue weighted by Crippen LogP contribution is 2.24. The predicted octanol–water partition coefficient (Wildman–Crippen LogP) is 4.88. The second-order valence-electron chi connectivity index (χ2n) is 9.94. The normalized spacial score (nSPS) is 13.2. The van der Waals surface area contributed by atoms with Crippen molar-refractivity contribution in [2.24, 2.45) is 0 Å². The van der Waals surface area contributed by atoms with Crippen molar-refractivity contribution in [2.45, 2.75) is 105 Å². The SMILES string of the molecule is CCCCCCN(C(=O)C(C)NC(=O)OC(C)(C)C)C(C(=O)NC(C)C)c1ccc(C)cc1. The molecule has 1 aromatic carbocycles. The molecule has 2 unspecified atom stereocenters. The smallest absolute Gasteiger partial charge is 0.408 e. The number of rotatable bonds is 11. The lowest BCUT2D eigenvalue weighted by Crippen LogP contribution is -2.52. The molecule has 1 aromatic rings. The standard InChI is InChI=1S/C26H43N3O4/c1-9-10-11-12-17-29(24(31)20(5)28-25(32)33-26(6,7)8)22(23(30)27-18(2)3)21-15-13-19(4)14-16-21/h13-16,18,20,22H,9-12,17H2,1-8H3,(H,27,30)(H,28,32). The Kier molecular flexibility index (Phi) is 11.4. The molecule has 1 rings (SSSR count). The zero-order valence-electron chi connectivity index (χ0n) is 21.7. The van der Waals surface area contributed by atoms with Crippen molar-refractivity contribution >= 4 is 17.9 Å². The number of ether oxygens (including phenoxy) is 1. The Morgan fingerprint density at radius 2 is 1.58 bits per heavy atom. The van der Waals surface area contributed by atoms with Crippen LogP contribution in [-0.2, 0) is 14.3 Å². The van der Waals surface area contributed by atoms with Gasteiger partial charge in [-0.15, -0.1) is 0 Å². The summed E-state index contributed by atoms with van der Waals surface area (Å²) in [6, 6.07) is 5.95. The lowest BCUT2D eigenvalue weighted by molar-refractivity contribution is -0.142. The second-order valence-corrected chi connectivity index (χ2v) is 9.94. The molecule has 7 nitrogen and oxygen atoms in total. The molecule has 0 saturated carbocycles. The van der Waals surface area contributed by atoms with Gasteiger partial charge in [0.2, 0.25) is 11.8 Å². The first-order chi connectivity index (χ1) is 15.4. The molecule has 0 saturated heterocycles. The van der Waals surface area contributed by atoms with E-state index in [0.29, 0.717) is 6.54 Å². The first-order valence-corrected chi connectivity index (χ1v) is 12.0. The van der Waals surface area contributed by atoms with E-state index < -0.39 is 23.8 Å². The lowest BCUT2D eigenvalue weighted by atomic mass is 10.0. The number of carbonyl (C=O) groups excluding carboxylic acids is 3. The van der Waals surface area contributed by atoms with Gasteiger partial charge >= 0.3 is 6.09 Å². The summed E-state index contributed by atoms with van der Waals surface area (Å²) in [6.45, 7) is 15.2. The maximum Gasteiger partial charge on any atom is 0.408 e. The van der Waals surface area contributed by atoms with Gasteiger partial charge in [-0.1, -0.05) is 56.0 Å². The highest BCUT2D eigenvalue weighted by Gasteiger charge is 2.34. The van der Waals surface area contributed by atoms with Gasteiger partial charge in [0.1, 0.15) is 17.7 Å². The molecule has 0 aliphatic rings. The van der Waals surface area contributed by atoms with E-state index in [4.69, 9.17) is 4.74 Å². The Labute approximate surface area is 199 Å². The van der Waals surface area contributed by atoms with Crippen molar-refractivity contribution in [3.8, 4) is 0 Å². The van der Waals surface area contributed by atoms with Crippen LogP contribution in [0.15, 0.2) is 24.3 Å². The second kappa shape index (κ2) is 13.2. The van der Waals surface area contributed by atoms with Crippen molar-refractivity contribution in [3.63, 3.8) is 0 Å². The number of carbonyl (C=O) groups is 3. The first kappa shape index (κ1) is 28.5. The molecule has 0 bridgehead atoms. The topological polar surface area (TPSA) is 87.7 Å². The van der Waals surface area contributed by atoms with Crippen molar-refractivity contribution < 1.29 is 19.1 Å². The van der Waals surface area contributed by atoms with E-state index in [2.05, 4.69) is 17.6 Å². The van der Waals surface area contributed by atoms with Crippen LogP contribution in [0.1, 0.15) is 91.3 Å². The molecule has 3 amide bonds. The van der Waals surface area contributed by atoms with Crippen LogP contribution in [0.3, 0.4) is 0 Å². The van der Waals surface area contributed by atoms with Crippen LogP contribution in [0.5, 0.6) is 0 Å². The number of hydrogen-bond acceptors (Lipinski definition) is 4. The zero-order valence-corrected chi connectivity index (χ0v) is 21.7. The van der Waals surface area contributed by atoms with Crippen LogP contribution >= 0.6 is 0 Å². The molecule has 33 heavy (non-hydrogen) atoms. The zero-order chi connectivity index (χ0) is 25.2. The van der Waals surface area contributed by atoms with Crippen molar-refractivity contribution in [1.82, 2.24) is 15.5 Å². The number of nitrogens with one attached hydrogen (secondary N) is 2. The van der Waals surface area contributed by atoms with E-state index in [0.717, 1.165) is 36.8 Å². The van der Waals surface area contributed by atoms with Crippen LogP contribution < -0.4 is 10.6 Å². The van der Waals surface area contributed by atoms with Crippen molar-refractivity contribution in [3.05, 3.63) is 35.4 Å². The number of aryl methyl sites for hydroxylation is 1. The molecular formula is C26H43N3O4. The highest BCUT2D eigenvalue weighted by atomic mass is 16.6. The molecule has 0 fully saturated rings. The molecule has 0 spiro atoms. The largest absolute Gasteiger partial charge is 0.444 e. The molecular weight excluding hydrogens is 418 g/mol. The van der Waals surface area contributed by atoms with Crippen LogP contribution in [0.4, 0.5) is 4.79 Å². The lowest BCUT2D eigenvalue weighted by Gasteiger charge is -2.34. The van der Waals surface area contributed by atoms with Gasteiger partial charge in [0.15, 0.2) is 0 Å². The van der Waals surface area contributed by atoms with E-state index in [1.807, 2.05) is 45.0 Å². The molecule has 0 heterocycles. The summed E-state index contributed by atoms with van der Waals surface area (Å²) < 4.78 is 5.31. The number of amides is 3. The quantitative estimate of drug-likeness (QED) is 0.460. The molecule has 2 N–H and O–H groups in total. The Balaban J connectivity index is 3.25. The van der Waals surface area contributed by atoms with E-state index in [1.165, 1.54) is 0 Å². The molecule has 186 valence electrons. The molecule has 7 heteroatoms. The van der Waals surface area contributed by atoms with Crippen LogP contribution in [0, 0.1) is 6.92 Å². The Morgan fingerprint density at radius 1 is 0.970 bits per heavy atom. The van der Waals surface area contributed by atoms with Crippen molar-refractivity contribution in [1.29, 1.82) is 0 Å². The van der Waals surface area contributed by atoms with Gasteiger partial charge in [-0.2, -0.15) is 0 Å². The monoisotopic (exact) mass is 461 g/mol. The fourth-order valence-electron chi connectivity index (χ4n) is 3.46. The van der Waals surface area contributed by atoms with E-state index in [-0.39, 0.29) is 17.9 Å². The maximum atomic E-state index is 13.6. The third-order valence-electron chi connectivity index (χ3n) is 5.02. The minimum atomic E-state index is -0.842. The fourth-order valence-corrected chi connectivity index (χ4v) is 3.46. The predicted molar refractivity (Wildman–Crippen MR) is 132 cm³/mol. The van der Waals surface area contributed by atoms with Crippen LogP contribution in [-0.4, -0.2) is 47.0 Å². The third kappa shape index (κ3) is 10.3. The number of benzene rings is 1. The fraction of sp³-hybridized carbons (Fsp3) is 0.654. The Hall–Kier alpha value is -2.57. The average molecular weight is 462 g/mol. The maximum absolute atomic E-state index is 13.6. The van der Waals surface area contributed by atoms with E-state index in [9.17, 15) is 14.4 Å².